The fourth-order valence-electron chi connectivity index (χ4n) is 1.36. The van der Waals surface area contributed by atoms with E-state index in [0.29, 0.717) is 18.3 Å². The molecule has 0 aliphatic heterocycles. The van der Waals surface area contributed by atoms with E-state index in [1.165, 1.54) is 0 Å². The first-order valence-electron chi connectivity index (χ1n) is 5.00. The summed E-state index contributed by atoms with van der Waals surface area (Å²) in [5, 5.41) is 3.84. The summed E-state index contributed by atoms with van der Waals surface area (Å²) in [6.07, 6.45) is 0.563. The van der Waals surface area contributed by atoms with Gasteiger partial charge in [-0.25, -0.2) is 0 Å². The molecule has 0 unspecified atom stereocenters. The minimum Gasteiger partial charge on any atom is -0.398 e. The molecule has 0 atom stereocenters. The van der Waals surface area contributed by atoms with Crippen molar-refractivity contribution in [1.82, 2.24) is 10.1 Å². The summed E-state index contributed by atoms with van der Waals surface area (Å²) >= 11 is 0. The van der Waals surface area contributed by atoms with Gasteiger partial charge in [0.15, 0.2) is 0 Å². The molecule has 0 saturated heterocycles. The summed E-state index contributed by atoms with van der Waals surface area (Å²) in [5.74, 6) is 1.14. The fraction of sp³-hybridized carbons (Fsp3) is 0.273. The van der Waals surface area contributed by atoms with Crippen molar-refractivity contribution in [3.63, 3.8) is 0 Å². The molecule has 0 radical (unpaired) electrons. The number of hydrogen-bond acceptors (Lipinski definition) is 5. The number of nitrogens with two attached hydrogens (primary N) is 1. The van der Waals surface area contributed by atoms with Crippen LogP contribution >= 0.6 is 0 Å². The van der Waals surface area contributed by atoms with Crippen LogP contribution in [-0.4, -0.2) is 24.2 Å². The van der Waals surface area contributed by atoms with E-state index in [2.05, 4.69) is 10.1 Å². The van der Waals surface area contributed by atoms with Crippen molar-refractivity contribution in [2.75, 3.05) is 24.7 Å². The third kappa shape index (κ3) is 2.13. The summed E-state index contributed by atoms with van der Waals surface area (Å²) < 4.78 is 5.13. The number of benzene rings is 1. The molecule has 2 rings (SSSR count). The van der Waals surface area contributed by atoms with Crippen LogP contribution in [0.2, 0.25) is 0 Å². The number of rotatable bonds is 3. The van der Waals surface area contributed by atoms with Crippen molar-refractivity contribution in [2.24, 2.45) is 0 Å². The molecule has 0 aliphatic carbocycles. The Labute approximate surface area is 93.9 Å². The lowest BCUT2D eigenvalue weighted by atomic mass is 10.1. The molecule has 1 heterocycles. The van der Waals surface area contributed by atoms with Gasteiger partial charge in [0.25, 0.3) is 5.95 Å². The number of aromatic nitrogens is 2. The van der Waals surface area contributed by atoms with Crippen molar-refractivity contribution in [1.29, 1.82) is 0 Å². The van der Waals surface area contributed by atoms with Gasteiger partial charge in [-0.1, -0.05) is 18.2 Å². The first-order chi connectivity index (χ1) is 7.66. The van der Waals surface area contributed by atoms with Gasteiger partial charge in [-0.05, 0) is 16.8 Å². The molecule has 2 N–H and O–H groups in total. The van der Waals surface area contributed by atoms with Gasteiger partial charge in [-0.2, -0.15) is 4.98 Å². The van der Waals surface area contributed by atoms with Crippen LogP contribution in [0.15, 0.2) is 28.8 Å². The Morgan fingerprint density at radius 3 is 2.69 bits per heavy atom. The Morgan fingerprint density at radius 2 is 2.06 bits per heavy atom. The summed E-state index contributed by atoms with van der Waals surface area (Å²) in [6.45, 7) is 0. The lowest BCUT2D eigenvalue weighted by Gasteiger charge is -2.03. The van der Waals surface area contributed by atoms with Crippen molar-refractivity contribution in [2.45, 2.75) is 6.42 Å². The van der Waals surface area contributed by atoms with Gasteiger partial charge in [0.1, 0.15) is 0 Å². The number of nitrogens with zero attached hydrogens (tertiary/aromatic N) is 3. The predicted octanol–water partition coefficient (Wildman–Crippen LogP) is 1.31. The van der Waals surface area contributed by atoms with Crippen molar-refractivity contribution in [3.05, 3.63) is 35.7 Å². The van der Waals surface area contributed by atoms with Crippen molar-refractivity contribution >= 4 is 11.6 Å². The highest BCUT2D eigenvalue weighted by atomic mass is 16.5. The van der Waals surface area contributed by atoms with E-state index < -0.39 is 0 Å². The number of anilines is 2. The van der Waals surface area contributed by atoms with E-state index in [1.807, 2.05) is 38.4 Å². The average Bonchev–Trinajstić information content (AvgIpc) is 2.70. The first kappa shape index (κ1) is 10.5. The molecule has 2 aromatic rings. The SMILES string of the molecule is CN(C)c1noc(Cc2ccccc2N)n1. The minimum absolute atomic E-state index is 0.563. The first-order valence-corrected chi connectivity index (χ1v) is 5.00. The Hall–Kier alpha value is -2.04. The third-order valence-corrected chi connectivity index (χ3v) is 2.25. The normalized spacial score (nSPS) is 10.4. The number of nitrogen functional groups attached to an aromatic ring is 1. The second-order valence-electron chi connectivity index (χ2n) is 3.76. The smallest absolute Gasteiger partial charge is 0.265 e. The molecule has 5 heteroatoms. The highest BCUT2D eigenvalue weighted by Crippen LogP contribution is 2.16. The molecule has 0 spiro atoms. The highest BCUT2D eigenvalue weighted by Gasteiger charge is 2.09. The van der Waals surface area contributed by atoms with E-state index in [0.717, 1.165) is 11.3 Å². The Bertz CT molecular complexity index is 478. The molecule has 1 aromatic heterocycles. The van der Waals surface area contributed by atoms with Gasteiger partial charge in [-0.15, -0.1) is 0 Å². The monoisotopic (exact) mass is 218 g/mol. The van der Waals surface area contributed by atoms with Gasteiger partial charge in [0.2, 0.25) is 5.89 Å². The molecule has 1 aromatic carbocycles. The lowest BCUT2D eigenvalue weighted by molar-refractivity contribution is 0.385. The van der Waals surface area contributed by atoms with Crippen LogP contribution in [0.25, 0.3) is 0 Å². The lowest BCUT2D eigenvalue weighted by Crippen LogP contribution is -2.10. The van der Waals surface area contributed by atoms with Gasteiger partial charge < -0.3 is 15.2 Å². The molecule has 0 bridgehead atoms. The largest absolute Gasteiger partial charge is 0.398 e. The van der Waals surface area contributed by atoms with Gasteiger partial charge in [-0.3, -0.25) is 0 Å². The molecular formula is C11H14N4O. The summed E-state index contributed by atoms with van der Waals surface area (Å²) in [4.78, 5) is 6.03. The third-order valence-electron chi connectivity index (χ3n) is 2.25. The number of hydrogen-bond donors (Lipinski definition) is 1. The molecule has 5 nitrogen and oxygen atoms in total. The predicted molar refractivity (Wildman–Crippen MR) is 62.3 cm³/mol. The Kier molecular flexibility index (Phi) is 2.76. The topological polar surface area (TPSA) is 68.2 Å². The molecular weight excluding hydrogens is 204 g/mol. The van der Waals surface area contributed by atoms with E-state index in [4.69, 9.17) is 10.3 Å². The zero-order valence-electron chi connectivity index (χ0n) is 9.34. The standard InChI is InChI=1S/C11H14N4O/c1-15(2)11-13-10(16-14-11)7-8-5-3-4-6-9(8)12/h3-6H,7,12H2,1-2H3. The van der Waals surface area contributed by atoms with Crippen molar-refractivity contribution in [3.8, 4) is 0 Å². The van der Waals surface area contributed by atoms with Crippen LogP contribution in [0.5, 0.6) is 0 Å². The number of para-hydroxylation sites is 1. The Morgan fingerprint density at radius 1 is 1.31 bits per heavy atom. The van der Waals surface area contributed by atoms with Crippen LogP contribution in [-0.2, 0) is 6.42 Å². The molecule has 0 saturated carbocycles. The maximum atomic E-state index is 5.83. The molecule has 0 fully saturated rings. The zero-order valence-corrected chi connectivity index (χ0v) is 9.34. The molecule has 0 aliphatic rings. The second-order valence-corrected chi connectivity index (χ2v) is 3.76. The fourth-order valence-corrected chi connectivity index (χ4v) is 1.36. The minimum atomic E-state index is 0.563. The second kappa shape index (κ2) is 4.22. The van der Waals surface area contributed by atoms with E-state index in [1.54, 1.807) is 4.90 Å². The van der Waals surface area contributed by atoms with Crippen LogP contribution in [0, 0.1) is 0 Å². The van der Waals surface area contributed by atoms with Gasteiger partial charge in [0.05, 0.1) is 6.42 Å². The van der Waals surface area contributed by atoms with Crippen molar-refractivity contribution < 1.29 is 4.52 Å². The summed E-state index contributed by atoms with van der Waals surface area (Å²) in [5.41, 5.74) is 7.57. The van der Waals surface area contributed by atoms with Crippen LogP contribution in [0.1, 0.15) is 11.5 Å². The molecule has 0 amide bonds. The molecule has 84 valence electrons. The maximum Gasteiger partial charge on any atom is 0.265 e. The Balaban J connectivity index is 2.18. The van der Waals surface area contributed by atoms with E-state index in [9.17, 15) is 0 Å². The molecule has 16 heavy (non-hydrogen) atoms. The summed E-state index contributed by atoms with van der Waals surface area (Å²) in [6, 6.07) is 7.65. The van der Waals surface area contributed by atoms with Crippen LogP contribution in [0.3, 0.4) is 0 Å². The van der Waals surface area contributed by atoms with Crippen LogP contribution < -0.4 is 10.6 Å². The van der Waals surface area contributed by atoms with E-state index >= 15 is 0 Å². The van der Waals surface area contributed by atoms with Crippen LogP contribution in [0.4, 0.5) is 11.6 Å². The van der Waals surface area contributed by atoms with E-state index in [-0.39, 0.29) is 0 Å². The van der Waals surface area contributed by atoms with Gasteiger partial charge in [0, 0.05) is 19.8 Å². The van der Waals surface area contributed by atoms with Gasteiger partial charge >= 0.3 is 0 Å². The zero-order chi connectivity index (χ0) is 11.5. The highest BCUT2D eigenvalue weighted by molar-refractivity contribution is 5.47. The quantitative estimate of drug-likeness (QED) is 0.787. The maximum absolute atomic E-state index is 5.83. The average molecular weight is 218 g/mol. The summed E-state index contributed by atoms with van der Waals surface area (Å²) in [7, 11) is 3.73.